The number of nitriles is 4. The van der Waals surface area contributed by atoms with Crippen molar-refractivity contribution < 1.29 is 37.9 Å². The lowest BCUT2D eigenvalue weighted by atomic mass is 9.85. The number of allylic oxidation sites excluding steroid dienone is 4. The van der Waals surface area contributed by atoms with Gasteiger partial charge in [0.25, 0.3) is 0 Å². The predicted octanol–water partition coefficient (Wildman–Crippen LogP) is 32.8. The maximum Gasteiger partial charge on any atom is 0.203 e. The summed E-state index contributed by atoms with van der Waals surface area (Å²) >= 11 is 0. The van der Waals surface area contributed by atoms with Gasteiger partial charge in [0.1, 0.15) is 46.9 Å². The van der Waals surface area contributed by atoms with E-state index in [1.54, 1.807) is 38.5 Å². The maximum atomic E-state index is 11.6. The number of rotatable bonds is 67. The molecule has 0 radical (unpaired) electrons. The zero-order valence-corrected chi connectivity index (χ0v) is 81.7. The second kappa shape index (κ2) is 62.3. The number of benzene rings is 4. The van der Waals surface area contributed by atoms with Gasteiger partial charge in [-0.15, -0.1) is 0 Å². The number of unbranched alkanes of at least 4 members (excludes halogenated alkanes) is 42. The average Bonchev–Trinajstić information content (AvgIpc) is 1.62. The SMILES string of the molecule is CCCCCCCCCCOc1cc(-c2c3nc(c(C(=C(C#N)C#N)C(=C(C#N)C#N)c4ccc(OC)cc4)c4ccc([nH]4)c(-c4cc(OCCCCCCCCCC)c(OCCCCCCCCCC)c(OCCCCCCCCCC)c4)c4nc(c(C#Cc5ccc(OC)cc5)c5ccc2[nH]5)C=C4)C=C3)cc(OCCCCCCCCCC)c1OCCCCCCCCCC. The van der Waals surface area contributed by atoms with Gasteiger partial charge in [-0.1, -0.05) is 335 Å². The first-order chi connectivity index (χ1) is 65.1. The van der Waals surface area contributed by atoms with Crippen LogP contribution in [0, 0.1) is 57.2 Å². The summed E-state index contributed by atoms with van der Waals surface area (Å²) < 4.78 is 54.0. The lowest BCUT2D eigenvalue weighted by molar-refractivity contribution is 0.234. The zero-order chi connectivity index (χ0) is 93.2. The van der Waals surface area contributed by atoms with E-state index in [1.165, 1.54) is 193 Å². The molecular weight excluding hydrogens is 1630 g/mol. The molecule has 0 saturated carbocycles. The fourth-order valence-electron chi connectivity index (χ4n) is 17.5. The Morgan fingerprint density at radius 3 is 0.909 bits per heavy atom. The van der Waals surface area contributed by atoms with Gasteiger partial charge in [0.15, 0.2) is 23.0 Å². The molecule has 0 amide bonds. The van der Waals surface area contributed by atoms with Gasteiger partial charge in [0.05, 0.1) is 87.7 Å². The zero-order valence-electron chi connectivity index (χ0n) is 81.7. The highest BCUT2D eigenvalue weighted by Crippen LogP contribution is 2.49. The van der Waals surface area contributed by atoms with Gasteiger partial charge in [-0.2, -0.15) is 21.0 Å². The minimum Gasteiger partial charge on any atom is -0.497 e. The molecule has 0 unspecified atom stereocenters. The van der Waals surface area contributed by atoms with Crippen molar-refractivity contribution in [3.63, 3.8) is 0 Å². The number of fused-ring (bicyclic) bond motifs is 8. The maximum absolute atomic E-state index is 11.6. The summed E-state index contributed by atoms with van der Waals surface area (Å²) in [6, 6.07) is 39.8. The van der Waals surface area contributed by atoms with Crippen LogP contribution in [0.15, 0.2) is 108 Å². The molecule has 2 N–H and O–H groups in total. The van der Waals surface area contributed by atoms with E-state index < -0.39 is 0 Å². The Bertz CT molecular complexity index is 4940. The van der Waals surface area contributed by atoms with Crippen LogP contribution in [0.2, 0.25) is 0 Å². The van der Waals surface area contributed by atoms with Crippen molar-refractivity contribution in [3.8, 4) is 104 Å². The summed E-state index contributed by atoms with van der Waals surface area (Å²) in [4.78, 5) is 19.3. The third-order valence-electron chi connectivity index (χ3n) is 25.1. The van der Waals surface area contributed by atoms with Crippen molar-refractivity contribution in [2.75, 3.05) is 53.9 Å². The Kier molecular flexibility index (Phi) is 49.4. The molecule has 2 aliphatic rings. The molecule has 16 heteroatoms. The van der Waals surface area contributed by atoms with E-state index in [9.17, 15) is 21.0 Å². The molecular formula is C116H154N8O8. The van der Waals surface area contributed by atoms with Crippen molar-refractivity contribution in [3.05, 3.63) is 153 Å². The van der Waals surface area contributed by atoms with E-state index in [-0.39, 0.29) is 27.9 Å². The van der Waals surface area contributed by atoms with Gasteiger partial charge in [0.2, 0.25) is 11.5 Å². The van der Waals surface area contributed by atoms with Crippen LogP contribution in [0.1, 0.15) is 395 Å². The number of nitrogens with one attached hydrogen (secondary N) is 2. The van der Waals surface area contributed by atoms with Crippen LogP contribution in [0.3, 0.4) is 0 Å². The molecule has 0 atom stereocenters. The van der Waals surface area contributed by atoms with Crippen molar-refractivity contribution >= 4 is 57.5 Å². The van der Waals surface area contributed by atoms with E-state index in [2.05, 4.69) is 118 Å². The Labute approximate surface area is 792 Å². The number of hydrogen-bond donors (Lipinski definition) is 2. The van der Waals surface area contributed by atoms with Crippen LogP contribution in [-0.4, -0.2) is 73.8 Å². The van der Waals surface area contributed by atoms with Crippen LogP contribution in [-0.2, 0) is 0 Å². The summed E-state index contributed by atoms with van der Waals surface area (Å²) in [5.74, 6) is 11.8. The molecule has 706 valence electrons. The summed E-state index contributed by atoms with van der Waals surface area (Å²) in [6.45, 7) is 16.3. The van der Waals surface area contributed by atoms with Crippen molar-refractivity contribution in [2.24, 2.45) is 0 Å². The standard InChI is InChI=1S/C116H154N8O8/c1-9-15-21-27-33-39-45-51-75-127-106-81-91(82-107(128-76-52-46-40-34-28-22-16-10-2)115(106)131-79-55-49-43-37-31-25-19-13-5)111-100-69-67-98(121-100)97(66-59-89-57-62-95(125-7)63-58-89)99-68-70-101(122-99)112(103-72-74-105(124-103)114(104-73-71-102(111)123-104)113(94(87-119)88-120)110(93(85-117)86-118)90-60-64-96(126-8)65-61-90)92-83-108(129-77-53-47-41-35-29-23-17-11-3)116(132-80-56-50-44-38-32-26-20-14-6)109(84-92)130-78-54-48-42-36-30-24-18-12-4/h57-58,60-65,67-74,81-84,121,124H,9-56,75-80H2,1-8H3. The average molecular weight is 1790 g/mol. The smallest absolute Gasteiger partial charge is 0.203 e. The second-order valence-corrected chi connectivity index (χ2v) is 35.7. The highest BCUT2D eigenvalue weighted by Gasteiger charge is 2.29. The van der Waals surface area contributed by atoms with Gasteiger partial charge >= 0.3 is 0 Å². The predicted molar refractivity (Wildman–Crippen MR) is 547 cm³/mol. The topological polar surface area (TPSA) is 226 Å². The van der Waals surface area contributed by atoms with Gasteiger partial charge in [0, 0.05) is 50.0 Å². The van der Waals surface area contributed by atoms with Crippen LogP contribution in [0.5, 0.6) is 46.0 Å². The number of H-pyrrole nitrogens is 2. The summed E-state index contributed by atoms with van der Waals surface area (Å²) in [5, 5.41) is 46.0. The Morgan fingerprint density at radius 2 is 0.568 bits per heavy atom. The molecule has 3 aromatic heterocycles. The summed E-state index contributed by atoms with van der Waals surface area (Å²) in [5.41, 5.74) is 8.40. The first-order valence-corrected chi connectivity index (χ1v) is 51.3. The monoisotopic (exact) mass is 1790 g/mol. The molecule has 0 spiro atoms. The summed E-state index contributed by atoms with van der Waals surface area (Å²) in [6.07, 6.45) is 62.7. The van der Waals surface area contributed by atoms with Crippen molar-refractivity contribution in [2.45, 2.75) is 350 Å². The van der Waals surface area contributed by atoms with Crippen LogP contribution in [0.25, 0.3) is 79.8 Å². The van der Waals surface area contributed by atoms with E-state index in [0.717, 1.165) is 121 Å². The second-order valence-electron chi connectivity index (χ2n) is 35.7. The lowest BCUT2D eigenvalue weighted by Crippen LogP contribution is -2.07. The quantitative estimate of drug-likeness (QED) is 0.0156. The number of aromatic nitrogens is 4. The van der Waals surface area contributed by atoms with E-state index in [0.29, 0.717) is 164 Å². The van der Waals surface area contributed by atoms with E-state index >= 15 is 0 Å². The first kappa shape index (κ1) is 105. The fraction of sp³-hybridized carbons (Fsp3) is 0.534. The van der Waals surface area contributed by atoms with Gasteiger partial charge in [-0.05, 0) is 164 Å². The molecule has 16 nitrogen and oxygen atoms in total. The molecule has 9 rings (SSSR count). The third-order valence-corrected chi connectivity index (χ3v) is 25.1. The normalized spacial score (nSPS) is 11.3. The molecule has 132 heavy (non-hydrogen) atoms. The fourth-order valence-corrected chi connectivity index (χ4v) is 17.5. The first-order valence-electron chi connectivity index (χ1n) is 51.3. The minimum atomic E-state index is -0.365. The minimum absolute atomic E-state index is 0.00802. The highest BCUT2D eigenvalue weighted by molar-refractivity contribution is 6.15. The van der Waals surface area contributed by atoms with Crippen LogP contribution < -0.4 is 37.9 Å². The Balaban J connectivity index is 1.39. The summed E-state index contributed by atoms with van der Waals surface area (Å²) in [7, 11) is 3.23. The molecule has 7 aromatic rings. The molecule has 0 aliphatic carbocycles. The largest absolute Gasteiger partial charge is 0.497 e. The molecule has 5 heterocycles. The number of nitrogens with zero attached hydrogens (tertiary/aromatic N) is 6. The van der Waals surface area contributed by atoms with Crippen molar-refractivity contribution in [1.29, 1.82) is 21.0 Å². The Hall–Kier alpha value is -11.1. The number of hydrogen-bond acceptors (Lipinski definition) is 14. The van der Waals surface area contributed by atoms with Crippen LogP contribution >= 0.6 is 0 Å². The van der Waals surface area contributed by atoms with E-state index in [4.69, 9.17) is 47.9 Å². The molecule has 4 aromatic carbocycles. The molecule has 2 aliphatic heterocycles. The van der Waals surface area contributed by atoms with E-state index in [1.807, 2.05) is 66.8 Å². The van der Waals surface area contributed by atoms with Gasteiger partial charge in [-0.25, -0.2) is 9.97 Å². The van der Waals surface area contributed by atoms with Crippen LogP contribution in [0.4, 0.5) is 0 Å². The molecule has 0 fully saturated rings. The number of ether oxygens (including phenoxy) is 8. The number of methoxy groups -OCH3 is 2. The Morgan fingerprint density at radius 1 is 0.288 bits per heavy atom. The molecule has 0 saturated heterocycles. The number of aromatic amines is 2. The highest BCUT2D eigenvalue weighted by atomic mass is 16.5. The van der Waals surface area contributed by atoms with Gasteiger partial charge < -0.3 is 47.9 Å². The third kappa shape index (κ3) is 34.2. The lowest BCUT2D eigenvalue weighted by Gasteiger charge is -2.19. The van der Waals surface area contributed by atoms with Gasteiger partial charge in [-0.3, -0.25) is 0 Å². The molecule has 8 bridgehead atoms. The van der Waals surface area contributed by atoms with Crippen molar-refractivity contribution in [1.82, 2.24) is 19.9 Å².